The van der Waals surface area contributed by atoms with Crippen molar-refractivity contribution in [3.8, 4) is 0 Å². The molecule has 1 heterocycles. The number of amides is 1. The number of aryl methyl sites for hydroxylation is 2. The van der Waals surface area contributed by atoms with Gasteiger partial charge >= 0.3 is 0 Å². The monoisotopic (exact) mass is 357 g/mol. The van der Waals surface area contributed by atoms with Gasteiger partial charge in [0.2, 0.25) is 5.91 Å². The van der Waals surface area contributed by atoms with Gasteiger partial charge in [-0.3, -0.25) is 4.79 Å². The summed E-state index contributed by atoms with van der Waals surface area (Å²) in [6.45, 7) is 12.4. The minimum absolute atomic E-state index is 0.00308. The van der Waals surface area contributed by atoms with Crippen LogP contribution >= 0.6 is 0 Å². The molecule has 0 radical (unpaired) electrons. The van der Waals surface area contributed by atoms with Crippen molar-refractivity contribution in [2.24, 2.45) is 4.99 Å². The number of carbonyl (C=O) groups is 1. The lowest BCUT2D eigenvalue weighted by Crippen LogP contribution is -2.52. The zero-order valence-electron chi connectivity index (χ0n) is 16.5. The molecule has 142 valence electrons. The first-order valence-electron chi connectivity index (χ1n) is 9.09. The van der Waals surface area contributed by atoms with Gasteiger partial charge in [-0.25, -0.2) is 4.99 Å². The van der Waals surface area contributed by atoms with Gasteiger partial charge in [-0.1, -0.05) is 12.1 Å². The molecule has 0 aliphatic carbocycles. The number of anilines is 1. The van der Waals surface area contributed by atoms with Gasteiger partial charge in [0.15, 0.2) is 5.96 Å². The molecule has 0 aromatic heterocycles. The van der Waals surface area contributed by atoms with Crippen LogP contribution in [-0.4, -0.2) is 75.0 Å². The van der Waals surface area contributed by atoms with Crippen LogP contribution in [0.3, 0.4) is 0 Å². The Hall–Kier alpha value is -2.50. The van der Waals surface area contributed by atoms with E-state index in [0.717, 1.165) is 32.1 Å². The maximum absolute atomic E-state index is 11.8. The van der Waals surface area contributed by atoms with Crippen molar-refractivity contribution in [2.45, 2.75) is 13.8 Å². The molecule has 1 aromatic rings. The molecule has 1 N–H and O–H groups in total. The Bertz CT molecular complexity index is 660. The normalized spacial score (nSPS) is 15.0. The summed E-state index contributed by atoms with van der Waals surface area (Å²) in [5.41, 5.74) is 3.91. The molecular formula is C20H31N5O. The molecule has 1 aliphatic rings. The number of aliphatic imine (C=N–C) groups is 1. The van der Waals surface area contributed by atoms with E-state index < -0.39 is 0 Å². The molecule has 0 bridgehead atoms. The second-order valence-corrected chi connectivity index (χ2v) is 6.84. The molecule has 26 heavy (non-hydrogen) atoms. The third kappa shape index (κ3) is 5.25. The summed E-state index contributed by atoms with van der Waals surface area (Å²) in [6, 6.07) is 6.63. The fraction of sp³-hybridized carbons (Fsp3) is 0.500. The van der Waals surface area contributed by atoms with Crippen LogP contribution in [0.25, 0.3) is 0 Å². The molecule has 2 rings (SSSR count). The largest absolute Gasteiger partial charge is 0.368 e. The van der Waals surface area contributed by atoms with Crippen molar-refractivity contribution in [3.05, 3.63) is 42.0 Å². The minimum atomic E-state index is -0.00308. The van der Waals surface area contributed by atoms with Crippen molar-refractivity contribution >= 4 is 17.6 Å². The van der Waals surface area contributed by atoms with Crippen molar-refractivity contribution in [1.29, 1.82) is 0 Å². The van der Waals surface area contributed by atoms with Crippen LogP contribution in [0.1, 0.15) is 11.1 Å². The zero-order valence-corrected chi connectivity index (χ0v) is 16.5. The standard InChI is InChI=1S/C20H31N5O/c1-6-9-21-20(22-15-19(26)23(4)5)25-12-10-24(11-13-25)18-8-7-16(2)17(3)14-18/h6-8,14H,1,9-13,15H2,2-5H3,(H,21,22). The summed E-state index contributed by atoms with van der Waals surface area (Å²) in [5.74, 6) is 0.775. The average Bonchev–Trinajstić information content (AvgIpc) is 2.64. The van der Waals surface area contributed by atoms with Crippen LogP contribution in [0.5, 0.6) is 0 Å². The molecule has 1 fully saturated rings. The third-order valence-electron chi connectivity index (χ3n) is 4.70. The maximum atomic E-state index is 11.8. The minimum Gasteiger partial charge on any atom is -0.368 e. The van der Waals surface area contributed by atoms with E-state index >= 15 is 0 Å². The average molecular weight is 358 g/mol. The van der Waals surface area contributed by atoms with Gasteiger partial charge in [0.25, 0.3) is 0 Å². The number of hydrogen-bond acceptors (Lipinski definition) is 3. The van der Waals surface area contributed by atoms with Crippen molar-refractivity contribution < 1.29 is 4.79 Å². The highest BCUT2D eigenvalue weighted by molar-refractivity contribution is 5.85. The van der Waals surface area contributed by atoms with E-state index in [0.29, 0.717) is 6.54 Å². The number of likely N-dealkylation sites (N-methyl/N-ethyl adjacent to an activating group) is 1. The highest BCUT2D eigenvalue weighted by Gasteiger charge is 2.20. The van der Waals surface area contributed by atoms with Crippen LogP contribution in [-0.2, 0) is 4.79 Å². The SMILES string of the molecule is C=CCNC(=NCC(=O)N(C)C)N1CCN(c2ccc(C)c(C)c2)CC1. The smallest absolute Gasteiger partial charge is 0.243 e. The molecular weight excluding hydrogens is 326 g/mol. The summed E-state index contributed by atoms with van der Waals surface area (Å²) < 4.78 is 0. The first-order valence-corrected chi connectivity index (χ1v) is 9.09. The number of guanidine groups is 1. The molecule has 0 saturated carbocycles. The first-order chi connectivity index (χ1) is 12.4. The molecule has 1 aliphatic heterocycles. The highest BCUT2D eigenvalue weighted by atomic mass is 16.2. The van der Waals surface area contributed by atoms with Crippen molar-refractivity contribution in [2.75, 3.05) is 58.3 Å². The molecule has 6 heteroatoms. The molecule has 6 nitrogen and oxygen atoms in total. The molecule has 0 unspecified atom stereocenters. The lowest BCUT2D eigenvalue weighted by molar-refractivity contribution is -0.127. The molecule has 0 atom stereocenters. The lowest BCUT2D eigenvalue weighted by atomic mass is 10.1. The van der Waals surface area contributed by atoms with Gasteiger partial charge in [-0.2, -0.15) is 0 Å². The molecule has 0 spiro atoms. The van der Waals surface area contributed by atoms with E-state index in [1.165, 1.54) is 16.8 Å². The highest BCUT2D eigenvalue weighted by Crippen LogP contribution is 2.20. The van der Waals surface area contributed by atoms with Gasteiger partial charge in [-0.15, -0.1) is 6.58 Å². The summed E-state index contributed by atoms with van der Waals surface area (Å²) in [6.07, 6.45) is 1.80. The first kappa shape index (κ1) is 19.8. The van der Waals surface area contributed by atoms with Gasteiger partial charge in [0.05, 0.1) is 0 Å². The Kier molecular flexibility index (Phi) is 7.06. The molecule has 1 aromatic carbocycles. The molecule has 1 amide bonds. The van der Waals surface area contributed by atoms with E-state index in [2.05, 4.69) is 58.7 Å². The third-order valence-corrected chi connectivity index (χ3v) is 4.70. The van der Waals surface area contributed by atoms with E-state index in [-0.39, 0.29) is 12.5 Å². The fourth-order valence-corrected chi connectivity index (χ4v) is 2.81. The quantitative estimate of drug-likeness (QED) is 0.495. The summed E-state index contributed by atoms with van der Waals surface area (Å²) in [7, 11) is 3.49. The Labute approximate surface area is 157 Å². The Morgan fingerprint density at radius 2 is 1.92 bits per heavy atom. The van der Waals surface area contributed by atoms with Crippen LogP contribution in [0, 0.1) is 13.8 Å². The van der Waals surface area contributed by atoms with E-state index in [9.17, 15) is 4.79 Å². The number of hydrogen-bond donors (Lipinski definition) is 1. The van der Waals surface area contributed by atoms with Gasteiger partial charge in [0.1, 0.15) is 6.54 Å². The second-order valence-electron chi connectivity index (χ2n) is 6.84. The van der Waals surface area contributed by atoms with E-state index in [1.807, 2.05) is 0 Å². The Balaban J connectivity index is 2.01. The van der Waals surface area contributed by atoms with Gasteiger partial charge in [-0.05, 0) is 37.1 Å². The maximum Gasteiger partial charge on any atom is 0.243 e. The number of nitrogens with one attached hydrogen (secondary N) is 1. The van der Waals surface area contributed by atoms with E-state index in [1.54, 1.807) is 25.1 Å². The number of piperazine rings is 1. The topological polar surface area (TPSA) is 51.2 Å². The fourth-order valence-electron chi connectivity index (χ4n) is 2.81. The van der Waals surface area contributed by atoms with Crippen LogP contribution in [0.2, 0.25) is 0 Å². The van der Waals surface area contributed by atoms with Gasteiger partial charge < -0.3 is 20.0 Å². The summed E-state index contributed by atoms with van der Waals surface area (Å²) in [4.78, 5) is 22.5. The number of nitrogens with zero attached hydrogens (tertiary/aromatic N) is 4. The lowest BCUT2D eigenvalue weighted by Gasteiger charge is -2.38. The number of benzene rings is 1. The van der Waals surface area contributed by atoms with Crippen LogP contribution < -0.4 is 10.2 Å². The predicted octanol–water partition coefficient (Wildman–Crippen LogP) is 1.65. The number of carbonyl (C=O) groups excluding carboxylic acids is 1. The predicted molar refractivity (Wildman–Crippen MR) is 109 cm³/mol. The Morgan fingerprint density at radius 1 is 1.23 bits per heavy atom. The Morgan fingerprint density at radius 3 is 2.50 bits per heavy atom. The summed E-state index contributed by atoms with van der Waals surface area (Å²) >= 11 is 0. The van der Waals surface area contributed by atoms with Crippen molar-refractivity contribution in [3.63, 3.8) is 0 Å². The second kappa shape index (κ2) is 9.27. The van der Waals surface area contributed by atoms with Crippen molar-refractivity contribution in [1.82, 2.24) is 15.1 Å². The molecule has 1 saturated heterocycles. The summed E-state index contributed by atoms with van der Waals surface area (Å²) in [5, 5.41) is 3.27. The number of rotatable bonds is 5. The zero-order chi connectivity index (χ0) is 19.1. The van der Waals surface area contributed by atoms with E-state index in [4.69, 9.17) is 0 Å². The van der Waals surface area contributed by atoms with Gasteiger partial charge in [0, 0.05) is 52.5 Å². The van der Waals surface area contributed by atoms with Crippen LogP contribution in [0.15, 0.2) is 35.8 Å². The van der Waals surface area contributed by atoms with Crippen LogP contribution in [0.4, 0.5) is 5.69 Å².